The number of hydrogen-bond donors (Lipinski definition) is 1. The molecule has 0 bridgehead atoms. The van der Waals surface area contributed by atoms with E-state index in [0.29, 0.717) is 11.3 Å². The Bertz CT molecular complexity index is 325. The maximum atomic E-state index is 11.1. The molecule has 0 amide bonds. The summed E-state index contributed by atoms with van der Waals surface area (Å²) in [5, 5.41) is 0. The highest BCUT2D eigenvalue weighted by atomic mass is 32.2. The van der Waals surface area contributed by atoms with Crippen LogP contribution in [-0.4, -0.2) is 19.3 Å². The zero-order valence-electron chi connectivity index (χ0n) is 7.53. The van der Waals surface area contributed by atoms with Gasteiger partial charge in [-0.2, -0.15) is 0 Å². The number of carbonyl (C=O) groups excluding carboxylic acids is 1. The lowest BCUT2D eigenvalue weighted by molar-refractivity contribution is 0.0600. The SMILES string of the molecule is COC(=O)c1ccc(N)c(SC)c1. The van der Waals surface area contributed by atoms with Gasteiger partial charge in [0.2, 0.25) is 0 Å². The van der Waals surface area contributed by atoms with Crippen molar-refractivity contribution in [1.29, 1.82) is 0 Å². The summed E-state index contributed by atoms with van der Waals surface area (Å²) in [5.74, 6) is -0.338. The average Bonchev–Trinajstić information content (AvgIpc) is 2.17. The smallest absolute Gasteiger partial charge is 0.337 e. The van der Waals surface area contributed by atoms with Crippen LogP contribution in [0.25, 0.3) is 0 Å². The minimum absolute atomic E-state index is 0.338. The molecule has 2 N–H and O–H groups in total. The number of rotatable bonds is 2. The lowest BCUT2D eigenvalue weighted by atomic mass is 10.2. The quantitative estimate of drug-likeness (QED) is 0.446. The van der Waals surface area contributed by atoms with Gasteiger partial charge < -0.3 is 10.5 Å². The minimum Gasteiger partial charge on any atom is -0.465 e. The molecule has 0 aliphatic carbocycles. The predicted molar refractivity (Wildman–Crippen MR) is 54.0 cm³/mol. The molecular weight excluding hydrogens is 186 g/mol. The number of methoxy groups -OCH3 is 1. The topological polar surface area (TPSA) is 52.3 Å². The van der Waals surface area contributed by atoms with Crippen LogP contribution in [0.3, 0.4) is 0 Å². The zero-order valence-corrected chi connectivity index (χ0v) is 8.35. The molecular formula is C9H11NO2S. The molecule has 0 atom stereocenters. The molecule has 4 heteroatoms. The standard InChI is InChI=1S/C9H11NO2S/c1-12-9(11)6-3-4-7(10)8(5-6)13-2/h3-5H,10H2,1-2H3. The van der Waals surface area contributed by atoms with Crippen molar-refractivity contribution < 1.29 is 9.53 Å². The van der Waals surface area contributed by atoms with Gasteiger partial charge in [0.05, 0.1) is 12.7 Å². The van der Waals surface area contributed by atoms with Crippen molar-refractivity contribution in [2.75, 3.05) is 19.1 Å². The van der Waals surface area contributed by atoms with Crippen LogP contribution in [0, 0.1) is 0 Å². The van der Waals surface area contributed by atoms with Crippen molar-refractivity contribution >= 4 is 23.4 Å². The Morgan fingerprint density at radius 1 is 1.54 bits per heavy atom. The Hall–Kier alpha value is -1.16. The average molecular weight is 197 g/mol. The monoisotopic (exact) mass is 197 g/mol. The van der Waals surface area contributed by atoms with Crippen molar-refractivity contribution in [3.63, 3.8) is 0 Å². The molecule has 1 aromatic rings. The third kappa shape index (κ3) is 2.15. The first-order chi connectivity index (χ1) is 6.19. The van der Waals surface area contributed by atoms with E-state index < -0.39 is 0 Å². The summed E-state index contributed by atoms with van der Waals surface area (Å²) < 4.78 is 4.59. The number of nitrogens with two attached hydrogens (primary N) is 1. The Kier molecular flexibility index (Phi) is 3.19. The fourth-order valence-electron chi connectivity index (χ4n) is 0.956. The van der Waals surface area contributed by atoms with Gasteiger partial charge in [-0.15, -0.1) is 11.8 Å². The van der Waals surface area contributed by atoms with E-state index >= 15 is 0 Å². The molecule has 70 valence electrons. The third-order valence-electron chi connectivity index (χ3n) is 1.65. The number of nitrogen functional groups attached to an aromatic ring is 1. The minimum atomic E-state index is -0.338. The van der Waals surface area contributed by atoms with Crippen LogP contribution in [0.5, 0.6) is 0 Å². The van der Waals surface area contributed by atoms with E-state index in [1.807, 2.05) is 6.26 Å². The molecule has 0 aliphatic heterocycles. The molecule has 1 aromatic carbocycles. The number of carbonyl (C=O) groups is 1. The van der Waals surface area contributed by atoms with Crippen LogP contribution in [-0.2, 0) is 4.74 Å². The van der Waals surface area contributed by atoms with Crippen molar-refractivity contribution in [2.24, 2.45) is 0 Å². The summed E-state index contributed by atoms with van der Waals surface area (Å²) in [7, 11) is 1.36. The number of hydrogen-bond acceptors (Lipinski definition) is 4. The molecule has 0 saturated carbocycles. The van der Waals surface area contributed by atoms with E-state index in [0.717, 1.165) is 4.90 Å². The molecule has 13 heavy (non-hydrogen) atoms. The summed E-state index contributed by atoms with van der Waals surface area (Å²) in [6, 6.07) is 5.09. The van der Waals surface area contributed by atoms with Gasteiger partial charge in [-0.3, -0.25) is 0 Å². The fraction of sp³-hybridized carbons (Fsp3) is 0.222. The highest BCUT2D eigenvalue weighted by Crippen LogP contribution is 2.23. The van der Waals surface area contributed by atoms with E-state index in [2.05, 4.69) is 4.74 Å². The lowest BCUT2D eigenvalue weighted by Crippen LogP contribution is -2.01. The molecule has 0 aromatic heterocycles. The van der Waals surface area contributed by atoms with E-state index in [1.165, 1.54) is 18.9 Å². The van der Waals surface area contributed by atoms with E-state index in [1.54, 1.807) is 18.2 Å². The highest BCUT2D eigenvalue weighted by molar-refractivity contribution is 7.98. The second-order valence-electron chi connectivity index (χ2n) is 2.45. The number of thioether (sulfide) groups is 1. The molecule has 0 unspecified atom stereocenters. The molecule has 3 nitrogen and oxygen atoms in total. The maximum absolute atomic E-state index is 11.1. The van der Waals surface area contributed by atoms with Gasteiger partial charge in [-0.25, -0.2) is 4.79 Å². The van der Waals surface area contributed by atoms with Crippen molar-refractivity contribution in [1.82, 2.24) is 0 Å². The largest absolute Gasteiger partial charge is 0.465 e. The number of esters is 1. The molecule has 0 fully saturated rings. The van der Waals surface area contributed by atoms with Crippen molar-refractivity contribution in [3.8, 4) is 0 Å². The van der Waals surface area contributed by atoms with Gasteiger partial charge in [0.15, 0.2) is 0 Å². The van der Waals surface area contributed by atoms with Crippen LogP contribution < -0.4 is 5.73 Å². The fourth-order valence-corrected chi connectivity index (χ4v) is 1.50. The van der Waals surface area contributed by atoms with Gasteiger partial charge in [0.1, 0.15) is 0 Å². The summed E-state index contributed by atoms with van der Waals surface area (Å²) in [6.45, 7) is 0. The highest BCUT2D eigenvalue weighted by Gasteiger charge is 2.07. The summed E-state index contributed by atoms with van der Waals surface area (Å²) in [5.41, 5.74) is 6.88. The molecule has 1 rings (SSSR count). The van der Waals surface area contributed by atoms with Crippen LogP contribution in [0.4, 0.5) is 5.69 Å². The number of anilines is 1. The third-order valence-corrected chi connectivity index (χ3v) is 2.45. The van der Waals surface area contributed by atoms with E-state index in [4.69, 9.17) is 5.73 Å². The molecule has 0 aliphatic rings. The van der Waals surface area contributed by atoms with Crippen LogP contribution in [0.15, 0.2) is 23.1 Å². The molecule has 0 heterocycles. The molecule has 0 spiro atoms. The second kappa shape index (κ2) is 4.18. The van der Waals surface area contributed by atoms with Crippen molar-refractivity contribution in [2.45, 2.75) is 4.90 Å². The van der Waals surface area contributed by atoms with E-state index in [9.17, 15) is 4.79 Å². The van der Waals surface area contributed by atoms with E-state index in [-0.39, 0.29) is 5.97 Å². The Balaban J connectivity index is 3.06. The van der Waals surface area contributed by atoms with Crippen LogP contribution in [0.1, 0.15) is 10.4 Å². The Morgan fingerprint density at radius 3 is 2.77 bits per heavy atom. The van der Waals surface area contributed by atoms with Gasteiger partial charge >= 0.3 is 5.97 Å². The Labute approximate surface area is 81.3 Å². The number of benzene rings is 1. The van der Waals surface area contributed by atoms with Crippen LogP contribution >= 0.6 is 11.8 Å². The van der Waals surface area contributed by atoms with Gasteiger partial charge in [0, 0.05) is 10.6 Å². The van der Waals surface area contributed by atoms with Gasteiger partial charge in [-0.1, -0.05) is 0 Å². The summed E-state index contributed by atoms with van der Waals surface area (Å²) in [4.78, 5) is 12.0. The normalized spacial score (nSPS) is 9.69. The first kappa shape index (κ1) is 9.92. The zero-order chi connectivity index (χ0) is 9.84. The molecule has 0 radical (unpaired) electrons. The lowest BCUT2D eigenvalue weighted by Gasteiger charge is -2.04. The van der Waals surface area contributed by atoms with Crippen LogP contribution in [0.2, 0.25) is 0 Å². The predicted octanol–water partition coefficient (Wildman–Crippen LogP) is 1.78. The summed E-state index contributed by atoms with van der Waals surface area (Å²) >= 11 is 1.50. The van der Waals surface area contributed by atoms with Gasteiger partial charge in [-0.05, 0) is 24.5 Å². The van der Waals surface area contributed by atoms with Crippen molar-refractivity contribution in [3.05, 3.63) is 23.8 Å². The number of ether oxygens (including phenoxy) is 1. The Morgan fingerprint density at radius 2 is 2.23 bits per heavy atom. The molecule has 0 saturated heterocycles. The first-order valence-corrected chi connectivity index (χ1v) is 4.93. The summed E-state index contributed by atoms with van der Waals surface area (Å²) in [6.07, 6.45) is 1.91. The second-order valence-corrected chi connectivity index (χ2v) is 3.30. The first-order valence-electron chi connectivity index (χ1n) is 3.71. The maximum Gasteiger partial charge on any atom is 0.337 e. The van der Waals surface area contributed by atoms with Gasteiger partial charge in [0.25, 0.3) is 0 Å².